The molecule has 3 heterocycles. The predicted molar refractivity (Wildman–Crippen MR) is 87.5 cm³/mol. The number of piperidine rings is 1. The van der Waals surface area contributed by atoms with Gasteiger partial charge in [0.25, 0.3) is 0 Å². The van der Waals surface area contributed by atoms with Crippen molar-refractivity contribution >= 4 is 5.82 Å². The van der Waals surface area contributed by atoms with Crippen LogP contribution in [-0.2, 0) is 11.2 Å². The van der Waals surface area contributed by atoms with E-state index >= 15 is 0 Å². The molecule has 6 heteroatoms. The molecule has 0 aromatic carbocycles. The van der Waals surface area contributed by atoms with Crippen LogP contribution in [0.1, 0.15) is 44.0 Å². The molecule has 2 N–H and O–H groups in total. The van der Waals surface area contributed by atoms with Gasteiger partial charge in [-0.25, -0.2) is 9.97 Å². The minimum atomic E-state index is -0.791. The van der Waals surface area contributed by atoms with E-state index in [-0.39, 0.29) is 0 Å². The zero-order valence-electron chi connectivity index (χ0n) is 14.0. The van der Waals surface area contributed by atoms with Crippen molar-refractivity contribution < 1.29 is 14.9 Å². The van der Waals surface area contributed by atoms with Crippen molar-refractivity contribution in [3.8, 4) is 0 Å². The number of hydrogen-bond acceptors (Lipinski definition) is 6. The fourth-order valence-electron chi connectivity index (χ4n) is 3.72. The van der Waals surface area contributed by atoms with Crippen molar-refractivity contribution in [2.24, 2.45) is 0 Å². The molecule has 2 saturated heterocycles. The molecule has 0 amide bonds. The summed E-state index contributed by atoms with van der Waals surface area (Å²) in [6.07, 6.45) is 4.42. The maximum absolute atomic E-state index is 10.4. The van der Waals surface area contributed by atoms with Gasteiger partial charge in [-0.3, -0.25) is 0 Å². The lowest BCUT2D eigenvalue weighted by Gasteiger charge is -2.48. The highest BCUT2D eigenvalue weighted by Crippen LogP contribution is 2.37. The van der Waals surface area contributed by atoms with Gasteiger partial charge in [-0.05, 0) is 32.6 Å². The third kappa shape index (κ3) is 3.20. The first kappa shape index (κ1) is 16.6. The van der Waals surface area contributed by atoms with E-state index in [0.29, 0.717) is 25.9 Å². The van der Waals surface area contributed by atoms with E-state index in [1.54, 1.807) is 0 Å². The Kier molecular flexibility index (Phi) is 4.85. The summed E-state index contributed by atoms with van der Waals surface area (Å²) in [5, 5.41) is 20.3. The van der Waals surface area contributed by atoms with Gasteiger partial charge in [0.05, 0.1) is 18.3 Å². The molecule has 23 heavy (non-hydrogen) atoms. The van der Waals surface area contributed by atoms with E-state index in [9.17, 15) is 10.2 Å². The Morgan fingerprint density at radius 2 is 2.09 bits per heavy atom. The Morgan fingerprint density at radius 3 is 2.78 bits per heavy atom. The lowest BCUT2D eigenvalue weighted by Crippen LogP contribution is -2.60. The van der Waals surface area contributed by atoms with Crippen LogP contribution in [0.3, 0.4) is 0 Å². The molecule has 1 aromatic rings. The number of rotatable bonds is 3. The van der Waals surface area contributed by atoms with Gasteiger partial charge >= 0.3 is 0 Å². The van der Waals surface area contributed by atoms with Crippen LogP contribution in [0.15, 0.2) is 6.20 Å². The summed E-state index contributed by atoms with van der Waals surface area (Å²) in [5.41, 5.74) is 0.584. The van der Waals surface area contributed by atoms with Crippen LogP contribution in [0, 0.1) is 6.92 Å². The van der Waals surface area contributed by atoms with Gasteiger partial charge in [-0.2, -0.15) is 0 Å². The fraction of sp³-hybridized carbons (Fsp3) is 0.765. The molecule has 0 radical (unpaired) electrons. The van der Waals surface area contributed by atoms with E-state index in [2.05, 4.69) is 21.8 Å². The van der Waals surface area contributed by atoms with Crippen molar-refractivity contribution in [1.29, 1.82) is 0 Å². The summed E-state index contributed by atoms with van der Waals surface area (Å²) in [7, 11) is 0. The van der Waals surface area contributed by atoms with Gasteiger partial charge in [0.1, 0.15) is 17.7 Å². The second-order valence-electron chi connectivity index (χ2n) is 6.72. The predicted octanol–water partition coefficient (Wildman–Crippen LogP) is 1.22. The van der Waals surface area contributed by atoms with Crippen LogP contribution in [0.2, 0.25) is 0 Å². The molecule has 128 valence electrons. The summed E-state index contributed by atoms with van der Waals surface area (Å²) in [6.45, 7) is 6.14. The Morgan fingerprint density at radius 1 is 1.35 bits per heavy atom. The van der Waals surface area contributed by atoms with Crippen LogP contribution >= 0.6 is 0 Å². The van der Waals surface area contributed by atoms with E-state index in [0.717, 1.165) is 37.6 Å². The van der Waals surface area contributed by atoms with E-state index in [4.69, 9.17) is 4.74 Å². The topological polar surface area (TPSA) is 78.7 Å². The zero-order chi connectivity index (χ0) is 16.4. The molecule has 2 fully saturated rings. The lowest BCUT2D eigenvalue weighted by atomic mass is 9.80. The van der Waals surface area contributed by atoms with E-state index in [1.165, 1.54) is 5.56 Å². The summed E-state index contributed by atoms with van der Waals surface area (Å²) in [4.78, 5) is 11.2. The molecule has 2 atom stereocenters. The average Bonchev–Trinajstić information content (AvgIpc) is 2.55. The number of aliphatic hydroxyl groups is 2. The first-order valence-electron chi connectivity index (χ1n) is 8.63. The van der Waals surface area contributed by atoms with Crippen LogP contribution in [0.25, 0.3) is 0 Å². The summed E-state index contributed by atoms with van der Waals surface area (Å²) in [5.74, 6) is 1.80. The Labute approximate surface area is 137 Å². The first-order valence-corrected chi connectivity index (χ1v) is 8.63. The molecule has 0 aliphatic carbocycles. The van der Waals surface area contributed by atoms with Gasteiger partial charge in [0, 0.05) is 24.8 Å². The van der Waals surface area contributed by atoms with Gasteiger partial charge < -0.3 is 19.8 Å². The molecule has 6 nitrogen and oxygen atoms in total. The fourth-order valence-corrected chi connectivity index (χ4v) is 3.72. The Hall–Kier alpha value is -1.24. The second kappa shape index (κ2) is 6.71. The van der Waals surface area contributed by atoms with Crippen LogP contribution in [0.4, 0.5) is 5.82 Å². The molecule has 1 spiro atoms. The molecule has 3 rings (SSSR count). The van der Waals surface area contributed by atoms with Crippen LogP contribution in [-0.4, -0.2) is 57.7 Å². The van der Waals surface area contributed by atoms with Crippen molar-refractivity contribution in [1.82, 2.24) is 9.97 Å². The first-order chi connectivity index (χ1) is 11.1. The number of hydrogen-bond donors (Lipinski definition) is 2. The highest BCUT2D eigenvalue weighted by atomic mass is 16.5. The number of aryl methyl sites for hydroxylation is 2. The maximum Gasteiger partial charge on any atom is 0.135 e. The van der Waals surface area contributed by atoms with Crippen LogP contribution < -0.4 is 4.90 Å². The standard InChI is InChI=1S/C17H27N3O3/c1-3-4-13-11-18-12(2)19-16(13)20-8-6-17(7-9-20)15(22)14(21)5-10-23-17/h11,14-15,21-22H,3-10H2,1-2H3/t14-,15-/m0/s1. The minimum absolute atomic E-state index is 0.512. The SMILES string of the molecule is CCCc1cnc(C)nc1N1CCC2(CC1)OCC[C@H](O)[C@@H]2O. The second-order valence-corrected chi connectivity index (χ2v) is 6.72. The van der Waals surface area contributed by atoms with Crippen molar-refractivity contribution in [2.45, 2.75) is 63.8 Å². The molecule has 0 unspecified atom stereocenters. The quantitative estimate of drug-likeness (QED) is 0.871. The van der Waals surface area contributed by atoms with Crippen LogP contribution in [0.5, 0.6) is 0 Å². The monoisotopic (exact) mass is 321 g/mol. The third-order valence-electron chi connectivity index (χ3n) is 5.10. The van der Waals surface area contributed by atoms with Gasteiger partial charge in [-0.1, -0.05) is 13.3 Å². The molecule has 2 aliphatic heterocycles. The number of nitrogens with zero attached hydrogens (tertiary/aromatic N) is 3. The normalized spacial score (nSPS) is 27.4. The molecule has 0 bridgehead atoms. The Bertz CT molecular complexity index is 544. The van der Waals surface area contributed by atoms with Gasteiger partial charge in [0.15, 0.2) is 0 Å². The maximum atomic E-state index is 10.4. The largest absolute Gasteiger partial charge is 0.390 e. The smallest absolute Gasteiger partial charge is 0.135 e. The van der Waals surface area contributed by atoms with E-state index in [1.807, 2.05) is 13.1 Å². The molecule has 0 saturated carbocycles. The highest BCUT2D eigenvalue weighted by Gasteiger charge is 2.47. The number of aromatic nitrogens is 2. The molecule has 2 aliphatic rings. The average molecular weight is 321 g/mol. The molecule has 1 aromatic heterocycles. The van der Waals surface area contributed by atoms with E-state index < -0.39 is 17.8 Å². The highest BCUT2D eigenvalue weighted by molar-refractivity contribution is 5.47. The summed E-state index contributed by atoms with van der Waals surface area (Å²) < 4.78 is 5.91. The zero-order valence-corrected chi connectivity index (χ0v) is 14.0. The third-order valence-corrected chi connectivity index (χ3v) is 5.10. The molecular formula is C17H27N3O3. The Balaban J connectivity index is 1.75. The van der Waals surface area contributed by atoms with Crippen molar-refractivity contribution in [2.75, 3.05) is 24.6 Å². The minimum Gasteiger partial charge on any atom is -0.390 e. The molecular weight excluding hydrogens is 294 g/mol. The van der Waals surface area contributed by atoms with Gasteiger partial charge in [-0.15, -0.1) is 0 Å². The number of ether oxygens (including phenoxy) is 1. The van der Waals surface area contributed by atoms with Gasteiger partial charge in [0.2, 0.25) is 0 Å². The summed E-state index contributed by atoms with van der Waals surface area (Å²) >= 11 is 0. The number of anilines is 1. The summed E-state index contributed by atoms with van der Waals surface area (Å²) in [6, 6.07) is 0. The number of aliphatic hydroxyl groups excluding tert-OH is 2. The van der Waals surface area contributed by atoms with Crippen molar-refractivity contribution in [3.05, 3.63) is 17.6 Å². The lowest BCUT2D eigenvalue weighted by molar-refractivity contribution is -0.205. The van der Waals surface area contributed by atoms with Crippen molar-refractivity contribution in [3.63, 3.8) is 0 Å².